The number of rotatable bonds is 7. The molecule has 8 unspecified atom stereocenters. The molecule has 12 fully saturated rings. The van der Waals surface area contributed by atoms with Gasteiger partial charge >= 0.3 is 277 Å². The number of nitrogens with one attached hydrogen (secondary N) is 4. The predicted octanol–water partition coefficient (Wildman–Crippen LogP) is 7.15. The second-order valence-electron chi connectivity index (χ2n) is 22.1. The van der Waals surface area contributed by atoms with Gasteiger partial charge in [-0.15, -0.1) is 0 Å². The van der Waals surface area contributed by atoms with E-state index in [2.05, 4.69) is 133 Å². The molecule has 12 aliphatic rings. The topological polar surface area (TPSA) is 48.1 Å². The van der Waals surface area contributed by atoms with Crippen molar-refractivity contribution in [1.29, 1.82) is 0 Å². The third kappa shape index (κ3) is 0.768. The third-order valence-electron chi connectivity index (χ3n) is 23.7. The zero-order valence-corrected chi connectivity index (χ0v) is 32.4. The van der Waals surface area contributed by atoms with E-state index in [0.717, 1.165) is 68.2 Å². The molecule has 47 heavy (non-hydrogen) atoms. The van der Waals surface area contributed by atoms with Crippen molar-refractivity contribution in [2.24, 2.45) is 0 Å². The molecular formula is C40H56FeN4P2. The summed E-state index contributed by atoms with van der Waals surface area (Å²) in [4.78, 5) is 6.68. The molecule has 7 heteroatoms. The fourth-order valence-corrected chi connectivity index (χ4v) is 119. The molecule has 0 bridgehead atoms. The maximum absolute atomic E-state index is 4.71. The van der Waals surface area contributed by atoms with E-state index in [-0.39, 0.29) is 13.1 Å². The van der Waals surface area contributed by atoms with E-state index in [1.807, 2.05) is 11.1 Å². The Kier molecular flexibility index (Phi) is 2.68. The van der Waals surface area contributed by atoms with Crippen LogP contribution in [0.4, 0.5) is 0 Å². The second-order valence-corrected chi connectivity index (χ2v) is 49.5. The Balaban J connectivity index is 1.16. The fraction of sp³-hybridized carbons (Fsp3) is 0.700. The number of hydrogen-bond donors (Lipinski definition) is 4. The van der Waals surface area contributed by atoms with Gasteiger partial charge in [-0.25, -0.2) is 0 Å². The minimum atomic E-state index is -4.71. The first-order valence-corrected chi connectivity index (χ1v) is 27.1. The molecule has 0 aromatic heterocycles. The number of piperazine rings is 2. The van der Waals surface area contributed by atoms with Crippen LogP contribution in [0.2, 0.25) is 37.5 Å². The van der Waals surface area contributed by atoms with Crippen LogP contribution in [0, 0.1) is 0 Å². The number of fused-ring (bicyclic) bond motifs is 10. The summed E-state index contributed by atoms with van der Waals surface area (Å²) >= 11 is 0. The van der Waals surface area contributed by atoms with E-state index < -0.39 is 6.51 Å². The molecular weight excluding hydrogens is 654 g/mol. The summed E-state index contributed by atoms with van der Waals surface area (Å²) in [6.07, 6.45) is 1.55. The SMILES string of the molecule is CC(C)(C)P(C[C]12[C]3(c4ccccc4)[C]4(c5ccccc5)[CH]5[C]1(C(P)(C1CNCCN1)C1CNCCN1)[Fe]54231678[CH]2[CH]1[CH]6[CH]7[CH]28)C(C)(C)C. The van der Waals surface area contributed by atoms with Crippen molar-refractivity contribution in [3.05, 3.63) is 71.8 Å². The summed E-state index contributed by atoms with van der Waals surface area (Å²) < 4.78 is 2.06. The van der Waals surface area contributed by atoms with Gasteiger partial charge in [-0.2, -0.15) is 0 Å². The summed E-state index contributed by atoms with van der Waals surface area (Å²) in [6.45, 7) is 17.8. The molecule has 4 N–H and O–H groups in total. The Morgan fingerprint density at radius 3 is 1.57 bits per heavy atom. The summed E-state index contributed by atoms with van der Waals surface area (Å²) in [5.41, 5.74) is 3.67. The van der Waals surface area contributed by atoms with Crippen molar-refractivity contribution in [1.82, 2.24) is 21.3 Å². The molecule has 2 aromatic rings. The van der Waals surface area contributed by atoms with Crippen LogP contribution >= 0.6 is 17.2 Å². The van der Waals surface area contributed by atoms with Gasteiger partial charge in [0.25, 0.3) is 0 Å². The van der Waals surface area contributed by atoms with Crippen LogP contribution in [0.1, 0.15) is 52.7 Å². The van der Waals surface area contributed by atoms with Crippen molar-refractivity contribution in [2.45, 2.75) is 115 Å². The quantitative estimate of drug-likeness (QED) is 0.182. The predicted molar refractivity (Wildman–Crippen MR) is 197 cm³/mol. The van der Waals surface area contributed by atoms with Crippen molar-refractivity contribution in [3.63, 3.8) is 0 Å². The first-order chi connectivity index (χ1) is 22.2. The van der Waals surface area contributed by atoms with Gasteiger partial charge in [0, 0.05) is 0 Å². The van der Waals surface area contributed by atoms with Gasteiger partial charge in [0.2, 0.25) is 0 Å². The van der Waals surface area contributed by atoms with Crippen LogP contribution in [-0.4, -0.2) is 73.0 Å². The molecule has 0 amide bonds. The Morgan fingerprint density at radius 2 is 1.17 bits per heavy atom. The average molecular weight is 711 g/mol. The van der Waals surface area contributed by atoms with Gasteiger partial charge in [0.05, 0.1) is 0 Å². The Hall–Kier alpha value is -0.341. The van der Waals surface area contributed by atoms with Crippen LogP contribution in [0.15, 0.2) is 60.7 Å². The van der Waals surface area contributed by atoms with E-state index >= 15 is 0 Å². The first kappa shape index (κ1) is 27.3. The minimum absolute atomic E-state index is 0.165. The Bertz CT molecular complexity index is 2170. The van der Waals surface area contributed by atoms with Gasteiger partial charge < -0.3 is 0 Å². The van der Waals surface area contributed by atoms with Crippen molar-refractivity contribution < 1.29 is 6.51 Å². The van der Waals surface area contributed by atoms with Crippen LogP contribution in [0.25, 0.3) is 0 Å². The Labute approximate surface area is 276 Å². The fourth-order valence-electron chi connectivity index (χ4n) is 26.9. The molecule has 2 aromatic carbocycles. The van der Waals surface area contributed by atoms with Crippen LogP contribution < -0.4 is 21.3 Å². The summed E-state index contributed by atoms with van der Waals surface area (Å²) in [5, 5.41) is 17.4. The van der Waals surface area contributed by atoms with Gasteiger partial charge in [0.15, 0.2) is 0 Å². The number of hydrogen-bond acceptors (Lipinski definition) is 4. The zero-order chi connectivity index (χ0) is 32.0. The van der Waals surface area contributed by atoms with Gasteiger partial charge in [-0.05, 0) is 0 Å². The van der Waals surface area contributed by atoms with Crippen LogP contribution in [0.3, 0.4) is 0 Å². The standard InChI is InChI=1S/C35H51N4P2.C5H5.Fe/c1-33(2,3)41(34(4,5)6)24-28-29(35(40,30-22-36-17-19-38-30)31-23-37-18-20-39-31)21-27(25-13-9-7-10-14-25)32(28)26-15-11-8-12-16-26;1-2-4-5-3-1;/h7-16,21,30-31,36-39H,17-20,22-24,40H2,1-6H3;1-5H;. The van der Waals surface area contributed by atoms with Crippen LogP contribution in [-0.2, 0) is 15.1 Å². The summed E-state index contributed by atoms with van der Waals surface area (Å²) in [6, 6.07) is 26.2. The molecule has 0 aliphatic carbocycles. The maximum atomic E-state index is 4.30. The van der Waals surface area contributed by atoms with Crippen molar-refractivity contribution in [2.75, 3.05) is 45.4 Å². The number of benzene rings is 2. The van der Waals surface area contributed by atoms with Crippen molar-refractivity contribution in [3.8, 4) is 0 Å². The first-order valence-electron chi connectivity index (χ1n) is 19.0. The van der Waals surface area contributed by atoms with E-state index in [1.54, 1.807) is 6.16 Å². The van der Waals surface area contributed by atoms with E-state index in [9.17, 15) is 0 Å². The van der Waals surface area contributed by atoms with E-state index in [1.165, 1.54) is 0 Å². The second kappa shape index (κ2) is 4.60. The van der Waals surface area contributed by atoms with Gasteiger partial charge in [-0.1, -0.05) is 0 Å². The average Bonchev–Trinajstić information content (AvgIpc) is 4.02. The molecule has 12 aliphatic heterocycles. The van der Waals surface area contributed by atoms with Crippen LogP contribution in [0.5, 0.6) is 0 Å². The molecule has 14 rings (SSSR count). The van der Waals surface area contributed by atoms with E-state index in [4.69, 9.17) is 0 Å². The Morgan fingerprint density at radius 1 is 0.702 bits per heavy atom. The van der Waals surface area contributed by atoms with Crippen molar-refractivity contribution >= 4 is 17.2 Å². The molecule has 12 saturated heterocycles. The molecule has 254 valence electrons. The van der Waals surface area contributed by atoms with Gasteiger partial charge in [0.1, 0.15) is 0 Å². The zero-order valence-electron chi connectivity index (χ0n) is 29.2. The molecule has 4 nitrogen and oxygen atoms in total. The van der Waals surface area contributed by atoms with Gasteiger partial charge in [-0.3, -0.25) is 0 Å². The molecule has 8 atom stereocenters. The molecule has 0 radical (unpaired) electrons. The monoisotopic (exact) mass is 710 g/mol. The molecule has 12 heterocycles. The summed E-state index contributed by atoms with van der Waals surface area (Å²) in [7, 11) is 3.69. The third-order valence-corrected chi connectivity index (χ3v) is 74.0. The van der Waals surface area contributed by atoms with E-state index in [0.29, 0.717) is 39.6 Å². The molecule has 1 spiro atoms. The summed E-state index contributed by atoms with van der Waals surface area (Å²) in [5.74, 6) is 0. The molecule has 0 saturated carbocycles. The normalized spacial score (nSPS) is 64.7.